The van der Waals surface area contributed by atoms with Gasteiger partial charge in [-0.15, -0.1) is 12.4 Å². The molecule has 1 aromatic carbocycles. The summed E-state index contributed by atoms with van der Waals surface area (Å²) in [5, 5.41) is 3.90. The summed E-state index contributed by atoms with van der Waals surface area (Å²) in [6.45, 7) is 2.26. The van der Waals surface area contributed by atoms with E-state index in [1.54, 1.807) is 23.1 Å². The average molecular weight is 323 g/mol. The van der Waals surface area contributed by atoms with Crippen LogP contribution in [0.25, 0.3) is 11.0 Å². The molecule has 1 aromatic heterocycles. The molecule has 1 fully saturated rings. The van der Waals surface area contributed by atoms with E-state index in [2.05, 4.69) is 5.32 Å². The molecular weight excluding hydrogens is 304 g/mol. The van der Waals surface area contributed by atoms with Gasteiger partial charge in [-0.3, -0.25) is 4.79 Å². The van der Waals surface area contributed by atoms with Crippen LogP contribution in [0.3, 0.4) is 0 Å². The average Bonchev–Trinajstić information content (AvgIpc) is 2.95. The lowest BCUT2D eigenvalue weighted by molar-refractivity contribution is 0.0783. The van der Waals surface area contributed by atoms with Crippen LogP contribution in [0, 0.1) is 5.92 Å². The molecule has 0 bridgehead atoms. The summed E-state index contributed by atoms with van der Waals surface area (Å²) in [6, 6.07) is 8.85. The summed E-state index contributed by atoms with van der Waals surface area (Å²) in [5.41, 5.74) is 0.0723. The molecule has 2 heterocycles. The molecule has 0 radical (unpaired) electrons. The third kappa shape index (κ3) is 3.15. The monoisotopic (exact) mass is 322 g/mol. The van der Waals surface area contributed by atoms with Crippen LogP contribution in [-0.4, -0.2) is 37.5 Å². The number of halogens is 1. The van der Waals surface area contributed by atoms with E-state index in [0.29, 0.717) is 24.6 Å². The van der Waals surface area contributed by atoms with Crippen LogP contribution in [-0.2, 0) is 0 Å². The van der Waals surface area contributed by atoms with Crippen molar-refractivity contribution in [2.24, 2.45) is 5.92 Å². The fraction of sp³-hybridized carbons (Fsp3) is 0.375. The van der Waals surface area contributed by atoms with Gasteiger partial charge in [-0.2, -0.15) is 0 Å². The lowest BCUT2D eigenvalue weighted by Gasteiger charge is -2.16. The third-order valence-corrected chi connectivity index (χ3v) is 3.94. The zero-order valence-electron chi connectivity index (χ0n) is 12.4. The Morgan fingerprint density at radius 1 is 1.41 bits per heavy atom. The highest BCUT2D eigenvalue weighted by Crippen LogP contribution is 2.19. The topological polar surface area (TPSA) is 62.6 Å². The summed E-state index contributed by atoms with van der Waals surface area (Å²) >= 11 is 0. The van der Waals surface area contributed by atoms with Gasteiger partial charge in [-0.05, 0) is 38.1 Å². The minimum Gasteiger partial charge on any atom is -0.422 e. The molecule has 1 saturated heterocycles. The molecule has 1 aliphatic rings. The third-order valence-electron chi connectivity index (χ3n) is 3.94. The summed E-state index contributed by atoms with van der Waals surface area (Å²) < 4.78 is 5.23. The molecule has 1 atom stereocenters. The molecule has 1 aliphatic heterocycles. The molecule has 2 aromatic rings. The van der Waals surface area contributed by atoms with E-state index in [9.17, 15) is 9.59 Å². The molecule has 1 amide bonds. The van der Waals surface area contributed by atoms with E-state index in [0.717, 1.165) is 18.4 Å². The molecule has 1 N–H and O–H groups in total. The lowest BCUT2D eigenvalue weighted by Crippen LogP contribution is -2.33. The summed E-state index contributed by atoms with van der Waals surface area (Å²) in [4.78, 5) is 26.3. The van der Waals surface area contributed by atoms with Crippen LogP contribution in [0.4, 0.5) is 0 Å². The summed E-state index contributed by atoms with van der Waals surface area (Å²) in [7, 11) is 1.91. The molecule has 0 spiro atoms. The fourth-order valence-electron chi connectivity index (χ4n) is 2.85. The first kappa shape index (κ1) is 16.5. The van der Waals surface area contributed by atoms with Crippen molar-refractivity contribution in [2.45, 2.75) is 6.42 Å². The minimum atomic E-state index is -0.559. The maximum Gasteiger partial charge on any atom is 0.349 e. The van der Waals surface area contributed by atoms with E-state index < -0.39 is 5.63 Å². The smallest absolute Gasteiger partial charge is 0.349 e. The van der Waals surface area contributed by atoms with Crippen LogP contribution < -0.4 is 10.9 Å². The zero-order valence-corrected chi connectivity index (χ0v) is 13.2. The van der Waals surface area contributed by atoms with E-state index in [1.165, 1.54) is 0 Å². The first-order chi connectivity index (χ1) is 10.2. The van der Waals surface area contributed by atoms with Crippen molar-refractivity contribution in [1.82, 2.24) is 10.2 Å². The van der Waals surface area contributed by atoms with Gasteiger partial charge in [0, 0.05) is 18.5 Å². The molecule has 3 rings (SSSR count). The predicted molar refractivity (Wildman–Crippen MR) is 87.7 cm³/mol. The number of benzene rings is 1. The highest BCUT2D eigenvalue weighted by molar-refractivity contribution is 5.96. The number of amides is 1. The van der Waals surface area contributed by atoms with Gasteiger partial charge in [-0.25, -0.2) is 4.79 Å². The standard InChI is InChI=1S/C16H18N2O3.ClH/c1-17-9-11-6-7-18(10-11)15(19)13-8-12-4-2-3-5-14(12)21-16(13)20;/h2-5,8,11,17H,6-7,9-10H2,1H3;1H. The number of nitrogens with one attached hydrogen (secondary N) is 1. The second-order valence-electron chi connectivity index (χ2n) is 5.45. The number of hydrogen-bond acceptors (Lipinski definition) is 4. The first-order valence-electron chi connectivity index (χ1n) is 7.16. The van der Waals surface area contributed by atoms with Gasteiger partial charge < -0.3 is 14.6 Å². The Morgan fingerprint density at radius 2 is 2.18 bits per heavy atom. The Labute approximate surface area is 134 Å². The van der Waals surface area contributed by atoms with Crippen LogP contribution in [0.5, 0.6) is 0 Å². The molecule has 22 heavy (non-hydrogen) atoms. The van der Waals surface area contributed by atoms with Gasteiger partial charge >= 0.3 is 5.63 Å². The van der Waals surface area contributed by atoms with Crippen molar-refractivity contribution >= 4 is 29.3 Å². The van der Waals surface area contributed by atoms with Gasteiger partial charge in [0.2, 0.25) is 0 Å². The number of rotatable bonds is 3. The van der Waals surface area contributed by atoms with Crippen molar-refractivity contribution < 1.29 is 9.21 Å². The number of carbonyl (C=O) groups is 1. The van der Waals surface area contributed by atoms with Crippen molar-refractivity contribution in [2.75, 3.05) is 26.7 Å². The van der Waals surface area contributed by atoms with E-state index in [4.69, 9.17) is 4.42 Å². The highest BCUT2D eigenvalue weighted by Gasteiger charge is 2.28. The Balaban J connectivity index is 0.00000176. The molecule has 6 heteroatoms. The second-order valence-corrected chi connectivity index (χ2v) is 5.45. The molecular formula is C16H19ClN2O3. The van der Waals surface area contributed by atoms with E-state index in [-0.39, 0.29) is 23.9 Å². The van der Waals surface area contributed by atoms with Gasteiger partial charge in [0.05, 0.1) is 0 Å². The lowest BCUT2D eigenvalue weighted by atomic mass is 10.1. The maximum atomic E-state index is 12.5. The molecule has 0 saturated carbocycles. The fourth-order valence-corrected chi connectivity index (χ4v) is 2.85. The molecule has 1 unspecified atom stereocenters. The van der Waals surface area contributed by atoms with Crippen molar-refractivity contribution in [3.8, 4) is 0 Å². The second kappa shape index (κ2) is 6.94. The number of para-hydroxylation sites is 1. The quantitative estimate of drug-likeness (QED) is 0.877. The summed E-state index contributed by atoms with van der Waals surface area (Å²) in [6.07, 6.45) is 0.964. The molecule has 5 nitrogen and oxygen atoms in total. The number of hydrogen-bond donors (Lipinski definition) is 1. The number of fused-ring (bicyclic) bond motifs is 1. The first-order valence-corrected chi connectivity index (χ1v) is 7.16. The van der Waals surface area contributed by atoms with E-state index >= 15 is 0 Å². The minimum absolute atomic E-state index is 0. The number of likely N-dealkylation sites (tertiary alicyclic amines) is 1. The van der Waals surface area contributed by atoms with Crippen LogP contribution >= 0.6 is 12.4 Å². The van der Waals surface area contributed by atoms with Crippen LogP contribution in [0.2, 0.25) is 0 Å². The highest BCUT2D eigenvalue weighted by atomic mass is 35.5. The van der Waals surface area contributed by atoms with Gasteiger partial charge in [0.15, 0.2) is 0 Å². The van der Waals surface area contributed by atoms with Crippen molar-refractivity contribution in [3.05, 3.63) is 46.3 Å². The van der Waals surface area contributed by atoms with Crippen molar-refractivity contribution in [3.63, 3.8) is 0 Å². The Morgan fingerprint density at radius 3 is 2.95 bits per heavy atom. The van der Waals surface area contributed by atoms with Gasteiger partial charge in [0.25, 0.3) is 5.91 Å². The molecule has 118 valence electrons. The van der Waals surface area contributed by atoms with Gasteiger partial charge in [0.1, 0.15) is 11.1 Å². The SMILES string of the molecule is CNCC1CCN(C(=O)c2cc3ccccc3oc2=O)C1.Cl. The molecule has 0 aliphatic carbocycles. The Bertz CT molecular complexity index is 729. The van der Waals surface area contributed by atoms with Crippen molar-refractivity contribution in [1.29, 1.82) is 0 Å². The normalized spacial score (nSPS) is 17.5. The maximum absolute atomic E-state index is 12.5. The van der Waals surface area contributed by atoms with Crippen LogP contribution in [0.15, 0.2) is 39.5 Å². The number of carbonyl (C=O) groups excluding carboxylic acids is 1. The Hall–Kier alpha value is -1.85. The van der Waals surface area contributed by atoms with Gasteiger partial charge in [-0.1, -0.05) is 18.2 Å². The Kier molecular flexibility index (Phi) is 5.21. The van der Waals surface area contributed by atoms with Crippen LogP contribution in [0.1, 0.15) is 16.8 Å². The largest absolute Gasteiger partial charge is 0.422 e. The zero-order chi connectivity index (χ0) is 14.8. The summed E-state index contributed by atoms with van der Waals surface area (Å²) in [5.74, 6) is 0.222. The van der Waals surface area contributed by atoms with E-state index in [1.807, 2.05) is 19.2 Å². The predicted octanol–water partition coefficient (Wildman–Crippen LogP) is 1.90. The number of nitrogens with zero attached hydrogens (tertiary/aromatic N) is 1.